The Labute approximate surface area is 121 Å². The van der Waals surface area contributed by atoms with E-state index in [1.165, 1.54) is 0 Å². The van der Waals surface area contributed by atoms with Crippen LogP contribution in [0.25, 0.3) is 0 Å². The third kappa shape index (κ3) is 4.44. The molecule has 0 bridgehead atoms. The molecule has 2 rings (SSSR count). The van der Waals surface area contributed by atoms with Crippen LogP contribution in [-0.4, -0.2) is 37.8 Å². The molecule has 0 aromatic heterocycles. The molecule has 1 saturated carbocycles. The minimum absolute atomic E-state index is 0.136. The molecule has 0 radical (unpaired) electrons. The largest absolute Gasteiger partial charge is 0.490 e. The molecule has 2 aliphatic rings. The molecule has 7 heteroatoms. The molecule has 0 aromatic rings. The molecule has 1 aliphatic carbocycles. The van der Waals surface area contributed by atoms with E-state index in [2.05, 4.69) is 11.3 Å². The SMILES string of the molecule is C=CC1COC(C2CCC(OC(=O)C(F)(F)F)CC2)OC1. The number of hydrogen-bond donors (Lipinski definition) is 0. The average Bonchev–Trinajstić information content (AvgIpc) is 2.47. The predicted molar refractivity (Wildman–Crippen MR) is 67.3 cm³/mol. The van der Waals surface area contributed by atoms with Crippen LogP contribution in [0, 0.1) is 11.8 Å². The summed E-state index contributed by atoms with van der Waals surface area (Å²) in [6, 6.07) is 0. The summed E-state index contributed by atoms with van der Waals surface area (Å²) in [5.74, 6) is -1.79. The lowest BCUT2D eigenvalue weighted by Crippen LogP contribution is -2.39. The van der Waals surface area contributed by atoms with Crippen molar-refractivity contribution >= 4 is 5.97 Å². The minimum atomic E-state index is -4.92. The van der Waals surface area contributed by atoms with Gasteiger partial charge in [-0.05, 0) is 25.7 Å². The Morgan fingerprint density at radius 3 is 2.19 bits per heavy atom. The number of halogens is 3. The zero-order chi connectivity index (χ0) is 15.5. The Morgan fingerprint density at radius 2 is 1.71 bits per heavy atom. The smallest absolute Gasteiger partial charge is 0.456 e. The van der Waals surface area contributed by atoms with Crippen molar-refractivity contribution in [3.05, 3.63) is 12.7 Å². The summed E-state index contributed by atoms with van der Waals surface area (Å²) in [6.45, 7) is 4.78. The van der Waals surface area contributed by atoms with Crippen LogP contribution >= 0.6 is 0 Å². The maximum Gasteiger partial charge on any atom is 0.490 e. The van der Waals surface area contributed by atoms with Crippen LogP contribution in [0.1, 0.15) is 25.7 Å². The molecule has 1 heterocycles. The summed E-state index contributed by atoms with van der Waals surface area (Å²) in [6.07, 6.45) is -2.07. The highest BCUT2D eigenvalue weighted by atomic mass is 19.4. The number of carbonyl (C=O) groups excluding carboxylic acids is 1. The van der Waals surface area contributed by atoms with Crippen LogP contribution in [-0.2, 0) is 19.0 Å². The summed E-state index contributed by atoms with van der Waals surface area (Å²) in [7, 11) is 0. The molecule has 4 nitrogen and oxygen atoms in total. The second-order valence-corrected chi connectivity index (χ2v) is 5.47. The average molecular weight is 308 g/mol. The summed E-state index contributed by atoms with van der Waals surface area (Å²) in [5, 5.41) is 0. The molecular weight excluding hydrogens is 289 g/mol. The standard InChI is InChI=1S/C14H19F3O4/c1-2-9-7-19-12(20-8-9)10-3-5-11(6-4-10)21-13(18)14(15,16)17/h2,9-12H,1,3-8H2. The number of esters is 1. The highest BCUT2D eigenvalue weighted by Gasteiger charge is 2.43. The topological polar surface area (TPSA) is 44.8 Å². The van der Waals surface area contributed by atoms with Crippen LogP contribution in [0.15, 0.2) is 12.7 Å². The Hall–Kier alpha value is -1.08. The zero-order valence-corrected chi connectivity index (χ0v) is 11.6. The molecular formula is C14H19F3O4. The van der Waals surface area contributed by atoms with Crippen LogP contribution in [0.3, 0.4) is 0 Å². The van der Waals surface area contributed by atoms with Gasteiger partial charge in [0, 0.05) is 11.8 Å². The van der Waals surface area contributed by atoms with E-state index in [-0.39, 0.29) is 18.1 Å². The first kappa shape index (κ1) is 16.3. The van der Waals surface area contributed by atoms with E-state index < -0.39 is 18.2 Å². The predicted octanol–water partition coefficient (Wildman–Crippen LogP) is 2.83. The van der Waals surface area contributed by atoms with Gasteiger partial charge in [-0.1, -0.05) is 6.08 Å². The zero-order valence-electron chi connectivity index (χ0n) is 11.6. The Bertz CT molecular complexity index is 367. The van der Waals surface area contributed by atoms with E-state index in [9.17, 15) is 18.0 Å². The van der Waals surface area contributed by atoms with Crippen molar-refractivity contribution in [1.29, 1.82) is 0 Å². The lowest BCUT2D eigenvalue weighted by molar-refractivity contribution is -0.227. The number of hydrogen-bond acceptors (Lipinski definition) is 4. The van der Waals surface area contributed by atoms with Crippen molar-refractivity contribution in [2.24, 2.45) is 11.8 Å². The summed E-state index contributed by atoms with van der Waals surface area (Å²) < 4.78 is 52.0. The summed E-state index contributed by atoms with van der Waals surface area (Å²) in [5.41, 5.74) is 0. The van der Waals surface area contributed by atoms with Gasteiger partial charge in [-0.2, -0.15) is 13.2 Å². The molecule has 0 spiro atoms. The fraction of sp³-hybridized carbons (Fsp3) is 0.786. The molecule has 21 heavy (non-hydrogen) atoms. The van der Waals surface area contributed by atoms with E-state index in [1.807, 2.05) is 0 Å². The van der Waals surface area contributed by atoms with Gasteiger partial charge in [-0.25, -0.2) is 4.79 Å². The lowest BCUT2D eigenvalue weighted by Gasteiger charge is -2.36. The first-order valence-corrected chi connectivity index (χ1v) is 7.03. The van der Waals surface area contributed by atoms with Gasteiger partial charge in [-0.3, -0.25) is 0 Å². The van der Waals surface area contributed by atoms with Crippen molar-refractivity contribution in [3.63, 3.8) is 0 Å². The minimum Gasteiger partial charge on any atom is -0.456 e. The Balaban J connectivity index is 1.74. The molecule has 0 atom stereocenters. The van der Waals surface area contributed by atoms with E-state index in [0.717, 1.165) is 0 Å². The van der Waals surface area contributed by atoms with E-state index >= 15 is 0 Å². The van der Waals surface area contributed by atoms with Crippen LogP contribution < -0.4 is 0 Å². The van der Waals surface area contributed by atoms with E-state index in [4.69, 9.17) is 9.47 Å². The van der Waals surface area contributed by atoms with Crippen molar-refractivity contribution in [2.45, 2.75) is 44.3 Å². The molecule has 120 valence electrons. The molecule has 0 unspecified atom stereocenters. The van der Waals surface area contributed by atoms with Crippen molar-refractivity contribution < 1.29 is 32.2 Å². The quantitative estimate of drug-likeness (QED) is 0.594. The van der Waals surface area contributed by atoms with Crippen LogP contribution in [0.4, 0.5) is 13.2 Å². The van der Waals surface area contributed by atoms with Crippen LogP contribution in [0.2, 0.25) is 0 Å². The number of rotatable bonds is 3. The van der Waals surface area contributed by atoms with Gasteiger partial charge in [0.05, 0.1) is 13.2 Å². The van der Waals surface area contributed by atoms with E-state index in [1.54, 1.807) is 6.08 Å². The first-order chi connectivity index (χ1) is 9.90. The molecule has 1 saturated heterocycles. The van der Waals surface area contributed by atoms with Gasteiger partial charge in [-0.15, -0.1) is 6.58 Å². The Morgan fingerprint density at radius 1 is 1.14 bits per heavy atom. The summed E-state index contributed by atoms with van der Waals surface area (Å²) >= 11 is 0. The molecule has 0 aromatic carbocycles. The molecule has 0 N–H and O–H groups in total. The van der Waals surface area contributed by atoms with Gasteiger partial charge in [0.25, 0.3) is 0 Å². The van der Waals surface area contributed by atoms with Gasteiger partial charge >= 0.3 is 12.1 Å². The number of carbonyl (C=O) groups is 1. The second kappa shape index (κ2) is 6.79. The highest BCUT2D eigenvalue weighted by molar-refractivity contribution is 5.75. The lowest BCUT2D eigenvalue weighted by atomic mass is 9.86. The van der Waals surface area contributed by atoms with Gasteiger partial charge in [0.2, 0.25) is 0 Å². The maximum absolute atomic E-state index is 12.1. The molecule has 2 fully saturated rings. The van der Waals surface area contributed by atoms with Crippen LogP contribution in [0.5, 0.6) is 0 Å². The van der Waals surface area contributed by atoms with Gasteiger partial charge < -0.3 is 14.2 Å². The third-order valence-electron chi connectivity index (χ3n) is 3.89. The van der Waals surface area contributed by atoms with Crippen molar-refractivity contribution in [2.75, 3.05) is 13.2 Å². The highest BCUT2D eigenvalue weighted by Crippen LogP contribution is 2.33. The van der Waals surface area contributed by atoms with E-state index in [0.29, 0.717) is 38.9 Å². The molecule has 1 aliphatic heterocycles. The van der Waals surface area contributed by atoms with Crippen molar-refractivity contribution in [1.82, 2.24) is 0 Å². The monoisotopic (exact) mass is 308 g/mol. The maximum atomic E-state index is 12.1. The second-order valence-electron chi connectivity index (χ2n) is 5.47. The third-order valence-corrected chi connectivity index (χ3v) is 3.89. The Kier molecular flexibility index (Phi) is 5.27. The number of ether oxygens (including phenoxy) is 3. The fourth-order valence-electron chi connectivity index (χ4n) is 2.64. The fourth-order valence-corrected chi connectivity index (χ4v) is 2.64. The summed E-state index contributed by atoms with van der Waals surface area (Å²) in [4.78, 5) is 10.8. The number of alkyl halides is 3. The van der Waals surface area contributed by atoms with Gasteiger partial charge in [0.15, 0.2) is 6.29 Å². The first-order valence-electron chi connectivity index (χ1n) is 7.03. The van der Waals surface area contributed by atoms with Crippen molar-refractivity contribution in [3.8, 4) is 0 Å². The molecule has 0 amide bonds. The normalized spacial score (nSPS) is 34.2. The van der Waals surface area contributed by atoms with Gasteiger partial charge in [0.1, 0.15) is 6.10 Å².